The highest BCUT2D eigenvalue weighted by atomic mass is 15.5. The summed E-state index contributed by atoms with van der Waals surface area (Å²) in [6.45, 7) is 2.97. The van der Waals surface area contributed by atoms with Gasteiger partial charge in [-0.15, -0.1) is 5.10 Å². The van der Waals surface area contributed by atoms with E-state index in [-0.39, 0.29) is 0 Å². The smallest absolute Gasteiger partial charge is 0.181 e. The molecule has 1 aliphatic carbocycles. The van der Waals surface area contributed by atoms with Crippen LogP contribution in [-0.2, 0) is 19.4 Å². The Labute approximate surface area is 200 Å². The number of rotatable bonds is 9. The van der Waals surface area contributed by atoms with Gasteiger partial charge in [0.25, 0.3) is 0 Å². The van der Waals surface area contributed by atoms with Crippen molar-refractivity contribution in [3.63, 3.8) is 0 Å². The molecule has 0 atom stereocenters. The number of aryl methyl sites for hydroxylation is 1. The summed E-state index contributed by atoms with van der Waals surface area (Å²) >= 11 is 0. The molecule has 4 aromatic rings. The van der Waals surface area contributed by atoms with E-state index in [1.807, 2.05) is 6.07 Å². The van der Waals surface area contributed by atoms with Gasteiger partial charge in [-0.05, 0) is 45.5 Å². The lowest BCUT2D eigenvalue weighted by atomic mass is 9.87. The third-order valence-electron chi connectivity index (χ3n) is 6.76. The van der Waals surface area contributed by atoms with Crippen molar-refractivity contribution in [1.29, 1.82) is 0 Å². The molecule has 0 amide bonds. The van der Waals surface area contributed by atoms with Gasteiger partial charge in [-0.25, -0.2) is 14.8 Å². The highest BCUT2D eigenvalue weighted by Crippen LogP contribution is 2.29. The van der Waals surface area contributed by atoms with Gasteiger partial charge in [0, 0.05) is 30.8 Å². The maximum absolute atomic E-state index is 4.97. The van der Waals surface area contributed by atoms with Gasteiger partial charge in [0.15, 0.2) is 11.6 Å². The number of hydrogen-bond acceptors (Lipinski definition) is 6. The summed E-state index contributed by atoms with van der Waals surface area (Å²) < 4.78 is 2.13. The van der Waals surface area contributed by atoms with Crippen molar-refractivity contribution in [3.05, 3.63) is 59.9 Å². The Morgan fingerprint density at radius 2 is 1.88 bits per heavy atom. The molecule has 8 heteroatoms. The molecule has 1 fully saturated rings. The Balaban J connectivity index is 1.34. The van der Waals surface area contributed by atoms with E-state index >= 15 is 0 Å². The largest absolute Gasteiger partial charge is 0.264 e. The molecule has 1 aliphatic rings. The highest BCUT2D eigenvalue weighted by Gasteiger charge is 2.18. The molecule has 0 bridgehead atoms. The Morgan fingerprint density at radius 1 is 1.03 bits per heavy atom. The topological polar surface area (TPSA) is 98.1 Å². The van der Waals surface area contributed by atoms with Gasteiger partial charge in [0.2, 0.25) is 0 Å². The minimum atomic E-state index is 0.612. The molecule has 3 heterocycles. The number of nitrogens with zero attached hydrogens (tertiary/aromatic N) is 7. The van der Waals surface area contributed by atoms with Gasteiger partial charge >= 0.3 is 0 Å². The first kappa shape index (κ1) is 22.4. The predicted molar refractivity (Wildman–Crippen MR) is 131 cm³/mol. The van der Waals surface area contributed by atoms with E-state index in [0.717, 1.165) is 66.5 Å². The normalized spacial score (nSPS) is 14.5. The van der Waals surface area contributed by atoms with Gasteiger partial charge in [0.05, 0.1) is 6.54 Å². The number of hydrogen-bond donors (Lipinski definition) is 1. The molecule has 0 saturated heterocycles. The summed E-state index contributed by atoms with van der Waals surface area (Å²) in [5.41, 5.74) is 4.23. The summed E-state index contributed by atoms with van der Waals surface area (Å²) in [5.74, 6) is 3.50. The van der Waals surface area contributed by atoms with Crippen LogP contribution in [0.5, 0.6) is 0 Å². The van der Waals surface area contributed by atoms with Gasteiger partial charge in [0.1, 0.15) is 5.82 Å². The lowest BCUT2D eigenvalue weighted by Crippen LogP contribution is -2.11. The van der Waals surface area contributed by atoms with Gasteiger partial charge in [-0.2, -0.15) is 5.10 Å². The molecule has 0 aliphatic heterocycles. The first-order chi connectivity index (χ1) is 16.8. The second kappa shape index (κ2) is 10.7. The van der Waals surface area contributed by atoms with E-state index in [0.29, 0.717) is 5.82 Å². The third kappa shape index (κ3) is 5.21. The molecule has 1 saturated carbocycles. The standard InChI is InChI=1S/C26H32N8/c1-2-3-9-25-28-24(16-19-7-5-4-6-8-19)31-34(25)18-20-10-12-21(13-11-20)22-14-15-27-17-23(22)26-29-32-33-30-26/h10-15,17,19H,2-9,16,18H2,1H3,(H,29,30,32,33). The summed E-state index contributed by atoms with van der Waals surface area (Å²) in [7, 11) is 0. The lowest BCUT2D eigenvalue weighted by molar-refractivity contribution is 0.351. The van der Waals surface area contributed by atoms with Crippen LogP contribution in [0.1, 0.15) is 69.1 Å². The zero-order valence-electron chi connectivity index (χ0n) is 19.8. The number of tetrazole rings is 1. The Hall–Kier alpha value is -3.42. The summed E-state index contributed by atoms with van der Waals surface area (Å²) in [6, 6.07) is 10.6. The van der Waals surface area contributed by atoms with Gasteiger partial charge < -0.3 is 0 Å². The first-order valence-electron chi connectivity index (χ1n) is 12.5. The Kier molecular flexibility index (Phi) is 7.02. The fourth-order valence-corrected chi connectivity index (χ4v) is 4.88. The highest BCUT2D eigenvalue weighted by molar-refractivity contribution is 5.79. The number of pyridine rings is 1. The number of unbranched alkanes of at least 4 members (excludes halogenated alkanes) is 1. The molecular weight excluding hydrogens is 424 g/mol. The molecule has 0 spiro atoms. The second-order valence-electron chi connectivity index (χ2n) is 9.28. The molecule has 0 unspecified atom stereocenters. The average molecular weight is 457 g/mol. The minimum absolute atomic E-state index is 0.612. The maximum atomic E-state index is 4.97. The second-order valence-corrected chi connectivity index (χ2v) is 9.28. The van der Waals surface area contributed by atoms with Crippen LogP contribution in [0.3, 0.4) is 0 Å². The van der Waals surface area contributed by atoms with Crippen molar-refractivity contribution in [1.82, 2.24) is 40.4 Å². The summed E-state index contributed by atoms with van der Waals surface area (Å²) in [4.78, 5) is 9.21. The number of benzene rings is 1. The van der Waals surface area contributed by atoms with Crippen LogP contribution in [0.25, 0.3) is 22.5 Å². The number of aromatic amines is 1. The van der Waals surface area contributed by atoms with Crippen LogP contribution in [0.15, 0.2) is 42.7 Å². The maximum Gasteiger partial charge on any atom is 0.181 e. The van der Waals surface area contributed by atoms with Crippen molar-refractivity contribution < 1.29 is 0 Å². The van der Waals surface area contributed by atoms with Gasteiger partial charge in [-0.1, -0.05) is 69.7 Å². The molecule has 8 nitrogen and oxygen atoms in total. The number of H-pyrrole nitrogens is 1. The van der Waals surface area contributed by atoms with Crippen molar-refractivity contribution in [3.8, 4) is 22.5 Å². The van der Waals surface area contributed by atoms with Crippen LogP contribution >= 0.6 is 0 Å². The van der Waals surface area contributed by atoms with Crippen LogP contribution in [-0.4, -0.2) is 40.4 Å². The monoisotopic (exact) mass is 456 g/mol. The van der Waals surface area contributed by atoms with E-state index in [1.165, 1.54) is 37.7 Å². The van der Waals surface area contributed by atoms with Gasteiger partial charge in [-0.3, -0.25) is 4.98 Å². The van der Waals surface area contributed by atoms with Crippen molar-refractivity contribution in [2.45, 2.75) is 71.3 Å². The van der Waals surface area contributed by atoms with E-state index in [4.69, 9.17) is 10.1 Å². The zero-order chi connectivity index (χ0) is 23.2. The molecule has 0 radical (unpaired) electrons. The number of aromatic nitrogens is 8. The van der Waals surface area contributed by atoms with Crippen molar-refractivity contribution in [2.24, 2.45) is 5.92 Å². The zero-order valence-corrected chi connectivity index (χ0v) is 19.8. The van der Waals surface area contributed by atoms with E-state index in [9.17, 15) is 0 Å². The quantitative estimate of drug-likeness (QED) is 0.379. The summed E-state index contributed by atoms with van der Waals surface area (Å²) in [6.07, 6.45) is 14.6. The Morgan fingerprint density at radius 3 is 2.65 bits per heavy atom. The lowest BCUT2D eigenvalue weighted by Gasteiger charge is -2.19. The van der Waals surface area contributed by atoms with Crippen molar-refractivity contribution in [2.75, 3.05) is 0 Å². The van der Waals surface area contributed by atoms with E-state index in [1.54, 1.807) is 12.4 Å². The molecule has 176 valence electrons. The van der Waals surface area contributed by atoms with Crippen LogP contribution in [0.2, 0.25) is 0 Å². The average Bonchev–Trinajstić information content (AvgIpc) is 3.54. The van der Waals surface area contributed by atoms with E-state index in [2.05, 4.69) is 61.5 Å². The van der Waals surface area contributed by atoms with Crippen LogP contribution < -0.4 is 0 Å². The number of nitrogens with one attached hydrogen (secondary N) is 1. The molecular formula is C26H32N8. The fraction of sp³-hybridized carbons (Fsp3) is 0.462. The molecule has 1 N–H and O–H groups in total. The fourth-order valence-electron chi connectivity index (χ4n) is 4.88. The Bertz CT molecular complexity index is 1170. The predicted octanol–water partition coefficient (Wildman–Crippen LogP) is 5.03. The molecule has 1 aromatic carbocycles. The first-order valence-corrected chi connectivity index (χ1v) is 12.5. The summed E-state index contributed by atoms with van der Waals surface area (Å²) in [5, 5.41) is 19.2. The molecule has 3 aromatic heterocycles. The third-order valence-corrected chi connectivity index (χ3v) is 6.76. The molecule has 5 rings (SSSR count). The van der Waals surface area contributed by atoms with Crippen molar-refractivity contribution >= 4 is 0 Å². The van der Waals surface area contributed by atoms with Crippen LogP contribution in [0, 0.1) is 5.92 Å². The SMILES string of the molecule is CCCCc1nc(CC2CCCCC2)nn1Cc1ccc(-c2ccncc2-c2nnn[nH]2)cc1. The minimum Gasteiger partial charge on any atom is -0.264 e. The molecule has 34 heavy (non-hydrogen) atoms. The van der Waals surface area contributed by atoms with E-state index < -0.39 is 0 Å². The van der Waals surface area contributed by atoms with Crippen LogP contribution in [0.4, 0.5) is 0 Å².